The number of benzene rings is 2. The Hall–Kier alpha value is -3.56. The summed E-state index contributed by atoms with van der Waals surface area (Å²) in [7, 11) is 0. The van der Waals surface area contributed by atoms with Gasteiger partial charge in [-0.05, 0) is 55.6 Å². The van der Waals surface area contributed by atoms with Crippen LogP contribution in [0.3, 0.4) is 0 Å². The second-order valence-electron chi connectivity index (χ2n) is 12.6. The van der Waals surface area contributed by atoms with E-state index in [1.807, 2.05) is 88.4 Å². The summed E-state index contributed by atoms with van der Waals surface area (Å²) in [5.41, 5.74) is 7.24. The zero-order valence-corrected chi connectivity index (χ0v) is 26.1. The third kappa shape index (κ3) is 10.9. The largest absolute Gasteiger partial charge is 0.361 e. The molecule has 5 atom stereocenters. The Morgan fingerprint density at radius 1 is 0.744 bits per heavy atom. The van der Waals surface area contributed by atoms with Crippen LogP contribution in [0, 0.1) is 11.8 Å². The minimum atomic E-state index is -0.969. The van der Waals surface area contributed by atoms with Crippen molar-refractivity contribution in [2.75, 3.05) is 6.61 Å². The second kappa shape index (κ2) is 15.8. The van der Waals surface area contributed by atoms with Gasteiger partial charge in [-0.2, -0.15) is 0 Å². The van der Waals surface area contributed by atoms with Crippen molar-refractivity contribution in [3.8, 4) is 0 Å². The monoisotopic (exact) mass is 592 g/mol. The smallest absolute Gasteiger partial charge is 0.243 e. The molecular weight excluding hydrogens is 544 g/mol. The quantitative estimate of drug-likeness (QED) is 0.208. The maximum absolute atomic E-state index is 13.7. The first kappa shape index (κ1) is 33.9. The highest BCUT2D eigenvalue weighted by atomic mass is 16.6. The highest BCUT2D eigenvalue weighted by molar-refractivity contribution is 5.98. The van der Waals surface area contributed by atoms with Crippen LogP contribution in [0.25, 0.3) is 0 Å². The molecule has 234 valence electrons. The van der Waals surface area contributed by atoms with Crippen molar-refractivity contribution < 1.29 is 23.9 Å². The summed E-state index contributed by atoms with van der Waals surface area (Å²) in [6.45, 7) is 9.93. The van der Waals surface area contributed by atoms with E-state index in [2.05, 4.69) is 16.0 Å². The van der Waals surface area contributed by atoms with E-state index in [-0.39, 0.29) is 24.0 Å². The van der Waals surface area contributed by atoms with Gasteiger partial charge in [-0.15, -0.1) is 0 Å². The van der Waals surface area contributed by atoms with Gasteiger partial charge in [0.15, 0.2) is 5.78 Å². The summed E-state index contributed by atoms with van der Waals surface area (Å²) < 4.78 is 5.37. The number of rotatable bonds is 17. The first-order valence-corrected chi connectivity index (χ1v) is 15.3. The molecule has 2 aromatic rings. The minimum absolute atomic E-state index is 0.0883. The van der Waals surface area contributed by atoms with Crippen LogP contribution in [0.2, 0.25) is 0 Å². The number of nitrogens with one attached hydrogen (secondary N) is 3. The molecule has 3 rings (SSSR count). The van der Waals surface area contributed by atoms with Crippen LogP contribution >= 0.6 is 0 Å². The van der Waals surface area contributed by atoms with Crippen molar-refractivity contribution in [2.24, 2.45) is 17.6 Å². The number of epoxide rings is 1. The topological polar surface area (TPSA) is 143 Å². The van der Waals surface area contributed by atoms with Crippen LogP contribution in [-0.4, -0.2) is 59.9 Å². The van der Waals surface area contributed by atoms with Gasteiger partial charge in [-0.1, -0.05) is 88.4 Å². The molecule has 1 aliphatic heterocycles. The van der Waals surface area contributed by atoms with E-state index in [4.69, 9.17) is 10.5 Å². The molecule has 0 aliphatic carbocycles. The fraction of sp³-hybridized carbons (Fsp3) is 0.529. The molecule has 0 aromatic heterocycles. The van der Waals surface area contributed by atoms with E-state index >= 15 is 0 Å². The van der Waals surface area contributed by atoms with Crippen molar-refractivity contribution in [3.05, 3.63) is 71.8 Å². The van der Waals surface area contributed by atoms with Gasteiger partial charge in [0.2, 0.25) is 17.7 Å². The average Bonchev–Trinajstić information content (AvgIpc) is 3.73. The fourth-order valence-electron chi connectivity index (χ4n) is 5.01. The number of hydrogen-bond donors (Lipinski definition) is 4. The SMILES string of the molecule is CC(C)CC(NC(=O)[C@@H](N)CCc1ccccc1)C(=O)N[C@@H](Cc1ccccc1)C(=O)NC(CC(C)C)C(=O)C1(C)CO1. The third-order valence-corrected chi connectivity index (χ3v) is 7.62. The van der Waals surface area contributed by atoms with Gasteiger partial charge in [-0.3, -0.25) is 19.2 Å². The molecule has 5 N–H and O–H groups in total. The van der Waals surface area contributed by atoms with Gasteiger partial charge >= 0.3 is 0 Å². The minimum Gasteiger partial charge on any atom is -0.361 e. The highest BCUT2D eigenvalue weighted by Gasteiger charge is 2.50. The summed E-state index contributed by atoms with van der Waals surface area (Å²) in [5.74, 6) is -1.29. The van der Waals surface area contributed by atoms with Crippen LogP contribution in [0.1, 0.15) is 65.0 Å². The van der Waals surface area contributed by atoms with Crippen molar-refractivity contribution >= 4 is 23.5 Å². The normalized spacial score (nSPS) is 18.8. The number of amides is 3. The Bertz CT molecular complexity index is 1210. The molecular formula is C34H48N4O5. The molecule has 0 saturated carbocycles. The molecule has 0 spiro atoms. The maximum Gasteiger partial charge on any atom is 0.243 e. The molecule has 43 heavy (non-hydrogen) atoms. The van der Waals surface area contributed by atoms with E-state index in [9.17, 15) is 19.2 Å². The Morgan fingerprint density at radius 3 is 1.74 bits per heavy atom. The van der Waals surface area contributed by atoms with Crippen molar-refractivity contribution in [2.45, 2.75) is 96.5 Å². The molecule has 9 heteroatoms. The van der Waals surface area contributed by atoms with Crippen LogP contribution < -0.4 is 21.7 Å². The number of Topliss-reactive ketones (excluding diaryl/α,β-unsaturated/α-hetero) is 1. The number of hydrogen-bond acceptors (Lipinski definition) is 6. The first-order valence-electron chi connectivity index (χ1n) is 15.3. The number of aryl methyl sites for hydroxylation is 1. The van der Waals surface area contributed by atoms with Crippen LogP contribution in [-0.2, 0) is 36.8 Å². The molecule has 3 unspecified atom stereocenters. The third-order valence-electron chi connectivity index (χ3n) is 7.62. The molecule has 0 bridgehead atoms. The van der Waals surface area contributed by atoms with Crippen LogP contribution in [0.15, 0.2) is 60.7 Å². The van der Waals surface area contributed by atoms with Gasteiger partial charge in [0.25, 0.3) is 0 Å². The number of carbonyl (C=O) groups excluding carboxylic acids is 4. The van der Waals surface area contributed by atoms with Gasteiger partial charge in [0.1, 0.15) is 17.7 Å². The molecule has 2 aromatic carbocycles. The zero-order chi connectivity index (χ0) is 31.6. The Labute approximate surface area is 255 Å². The molecule has 1 saturated heterocycles. The predicted molar refractivity (Wildman–Crippen MR) is 167 cm³/mol. The predicted octanol–water partition coefficient (Wildman–Crippen LogP) is 3.09. The summed E-state index contributed by atoms with van der Waals surface area (Å²) in [6.07, 6.45) is 2.10. The first-order chi connectivity index (χ1) is 20.4. The number of ketones is 1. The number of nitrogens with two attached hydrogens (primary N) is 1. The summed E-state index contributed by atoms with van der Waals surface area (Å²) in [5, 5.41) is 8.60. The standard InChI is InChI=1S/C34H48N4O5/c1-22(2)18-27(30(39)34(5)21-43-34)36-33(42)29(20-25-14-10-7-11-15-25)38-32(41)28(19-23(3)4)37-31(40)26(35)17-16-24-12-8-6-9-13-24/h6-15,22-23,26-29H,16-21,35H2,1-5H3,(H,36,42)(H,37,40)(H,38,41)/t26-,27?,28?,29-,34?/m0/s1. The lowest BCUT2D eigenvalue weighted by molar-refractivity contribution is -0.134. The Balaban J connectivity index is 1.74. The van der Waals surface area contributed by atoms with E-state index in [0.717, 1.165) is 11.1 Å². The average molecular weight is 593 g/mol. The number of ether oxygens (including phenoxy) is 1. The Morgan fingerprint density at radius 2 is 1.21 bits per heavy atom. The zero-order valence-electron chi connectivity index (χ0n) is 26.1. The lowest BCUT2D eigenvalue weighted by Crippen LogP contribution is -2.58. The number of carbonyl (C=O) groups is 4. The van der Waals surface area contributed by atoms with Gasteiger partial charge < -0.3 is 26.4 Å². The maximum atomic E-state index is 13.7. The van der Waals surface area contributed by atoms with Crippen molar-refractivity contribution in [1.82, 2.24) is 16.0 Å². The van der Waals surface area contributed by atoms with Gasteiger partial charge in [0, 0.05) is 6.42 Å². The molecule has 0 radical (unpaired) electrons. The van der Waals surface area contributed by atoms with Crippen molar-refractivity contribution in [1.29, 1.82) is 0 Å². The van der Waals surface area contributed by atoms with Crippen LogP contribution in [0.5, 0.6) is 0 Å². The summed E-state index contributed by atoms with van der Waals surface area (Å²) in [4.78, 5) is 53.6. The fourth-order valence-corrected chi connectivity index (χ4v) is 5.01. The second-order valence-corrected chi connectivity index (χ2v) is 12.6. The summed E-state index contributed by atoms with van der Waals surface area (Å²) >= 11 is 0. The van der Waals surface area contributed by atoms with Gasteiger partial charge in [0.05, 0.1) is 18.7 Å². The lowest BCUT2D eigenvalue weighted by atomic mass is 9.93. The van der Waals surface area contributed by atoms with E-state index < -0.39 is 47.5 Å². The molecule has 1 aliphatic rings. The lowest BCUT2D eigenvalue weighted by Gasteiger charge is -2.27. The van der Waals surface area contributed by atoms with E-state index in [1.165, 1.54) is 0 Å². The van der Waals surface area contributed by atoms with Crippen molar-refractivity contribution in [3.63, 3.8) is 0 Å². The van der Waals surface area contributed by atoms with E-state index in [1.54, 1.807) is 6.92 Å². The summed E-state index contributed by atoms with van der Waals surface area (Å²) in [6, 6.07) is 15.7. The Kier molecular flexibility index (Phi) is 12.5. The van der Waals surface area contributed by atoms with Crippen LogP contribution in [0.4, 0.5) is 0 Å². The highest BCUT2D eigenvalue weighted by Crippen LogP contribution is 2.29. The molecule has 1 heterocycles. The van der Waals surface area contributed by atoms with Gasteiger partial charge in [-0.25, -0.2) is 0 Å². The molecule has 3 amide bonds. The van der Waals surface area contributed by atoms with E-state index in [0.29, 0.717) is 32.3 Å². The molecule has 1 fully saturated rings. The molecule has 9 nitrogen and oxygen atoms in total.